The van der Waals surface area contributed by atoms with Gasteiger partial charge in [-0.15, -0.1) is 0 Å². The number of alkyl halides is 3. The molecule has 0 radical (unpaired) electrons. The van der Waals surface area contributed by atoms with Crippen LogP contribution < -0.4 is 10.6 Å². The Morgan fingerprint density at radius 3 is 2.56 bits per heavy atom. The second-order valence-electron chi connectivity index (χ2n) is 6.74. The molecule has 0 saturated heterocycles. The molecule has 0 aromatic heterocycles. The predicted molar refractivity (Wildman–Crippen MR) is 88.7 cm³/mol. The van der Waals surface area contributed by atoms with Crippen molar-refractivity contribution >= 4 is 17.5 Å². The van der Waals surface area contributed by atoms with Crippen molar-refractivity contribution in [2.24, 2.45) is 5.92 Å². The van der Waals surface area contributed by atoms with Crippen LogP contribution in [0.2, 0.25) is 0 Å². The summed E-state index contributed by atoms with van der Waals surface area (Å²) < 4.78 is 52.2. The Morgan fingerprint density at radius 2 is 1.89 bits per heavy atom. The van der Waals surface area contributed by atoms with Crippen molar-refractivity contribution in [3.63, 3.8) is 0 Å². The van der Waals surface area contributed by atoms with Crippen LogP contribution in [0.5, 0.6) is 0 Å². The van der Waals surface area contributed by atoms with Crippen LogP contribution in [0.25, 0.3) is 0 Å². The summed E-state index contributed by atoms with van der Waals surface area (Å²) in [6, 6.07) is 6.24. The van der Waals surface area contributed by atoms with Gasteiger partial charge in [0, 0.05) is 22.4 Å². The molecule has 1 aliphatic carbocycles. The molecule has 2 N–H and O–H groups in total. The van der Waals surface area contributed by atoms with Gasteiger partial charge >= 0.3 is 6.18 Å². The Kier molecular flexibility index (Phi) is 3.94. The second-order valence-corrected chi connectivity index (χ2v) is 6.74. The van der Waals surface area contributed by atoms with Crippen molar-refractivity contribution in [3.8, 4) is 0 Å². The van der Waals surface area contributed by atoms with Crippen LogP contribution in [0.4, 0.5) is 23.2 Å². The molecule has 1 atom stereocenters. The predicted octanol–water partition coefficient (Wildman–Crippen LogP) is 4.29. The highest BCUT2D eigenvalue weighted by Gasteiger charge is 2.41. The maximum atomic E-state index is 13.6. The molecule has 2 aromatic rings. The number of carbonyl (C=O) groups is 2. The van der Waals surface area contributed by atoms with Crippen molar-refractivity contribution in [3.05, 3.63) is 64.5 Å². The fourth-order valence-corrected chi connectivity index (χ4v) is 3.36. The molecule has 1 heterocycles. The van der Waals surface area contributed by atoms with Crippen LogP contribution in [0, 0.1) is 11.7 Å². The number of hydrogen-bond acceptors (Lipinski definition) is 2. The van der Waals surface area contributed by atoms with Crippen LogP contribution in [0.1, 0.15) is 50.7 Å². The Morgan fingerprint density at radius 1 is 1.15 bits per heavy atom. The van der Waals surface area contributed by atoms with Crippen molar-refractivity contribution in [1.29, 1.82) is 0 Å². The zero-order chi connectivity index (χ0) is 19.3. The SMILES string of the molecule is O=C(Nc1cccc2c1C(C1CC1)NC2=O)c1cc(F)cc(C(F)(F)F)c1. The number of benzene rings is 2. The van der Waals surface area contributed by atoms with Gasteiger partial charge in [0.05, 0.1) is 11.6 Å². The number of anilines is 1. The highest BCUT2D eigenvalue weighted by Crippen LogP contribution is 2.47. The summed E-state index contributed by atoms with van der Waals surface area (Å²) in [6.07, 6.45) is -2.87. The first-order valence-electron chi connectivity index (χ1n) is 8.37. The van der Waals surface area contributed by atoms with E-state index >= 15 is 0 Å². The fraction of sp³-hybridized carbons (Fsp3) is 0.263. The van der Waals surface area contributed by atoms with Gasteiger partial charge in [-0.25, -0.2) is 4.39 Å². The molecule has 1 saturated carbocycles. The third-order valence-electron chi connectivity index (χ3n) is 4.78. The van der Waals surface area contributed by atoms with E-state index in [9.17, 15) is 27.2 Å². The number of fused-ring (bicyclic) bond motifs is 1. The standard InChI is InChI=1S/C19H14F4N2O2/c20-12-7-10(6-11(8-12)19(21,22)23)17(26)24-14-3-1-2-13-15(14)16(9-4-5-9)25-18(13)27/h1-3,6-9,16H,4-5H2,(H,24,26)(H,25,27). The normalized spacial score (nSPS) is 18.8. The zero-order valence-corrected chi connectivity index (χ0v) is 13.9. The monoisotopic (exact) mass is 378 g/mol. The summed E-state index contributed by atoms with van der Waals surface area (Å²) in [6.45, 7) is 0. The molecule has 0 spiro atoms. The molecule has 1 unspecified atom stereocenters. The van der Waals surface area contributed by atoms with Crippen molar-refractivity contribution in [2.75, 3.05) is 5.32 Å². The first-order valence-corrected chi connectivity index (χ1v) is 8.37. The van der Waals surface area contributed by atoms with Crippen molar-refractivity contribution in [1.82, 2.24) is 5.32 Å². The van der Waals surface area contributed by atoms with Crippen LogP contribution >= 0.6 is 0 Å². The highest BCUT2D eigenvalue weighted by atomic mass is 19.4. The lowest BCUT2D eigenvalue weighted by atomic mass is 9.99. The van der Waals surface area contributed by atoms with E-state index in [-0.39, 0.29) is 17.9 Å². The average Bonchev–Trinajstić information content (AvgIpc) is 3.38. The second kappa shape index (κ2) is 6.07. The molecule has 4 nitrogen and oxygen atoms in total. The van der Waals surface area contributed by atoms with Gasteiger partial charge in [0.15, 0.2) is 0 Å². The number of carbonyl (C=O) groups excluding carboxylic acids is 2. The van der Waals surface area contributed by atoms with Gasteiger partial charge in [0.1, 0.15) is 5.82 Å². The van der Waals surface area contributed by atoms with Gasteiger partial charge in [0.25, 0.3) is 11.8 Å². The van der Waals surface area contributed by atoms with Crippen LogP contribution in [-0.2, 0) is 6.18 Å². The Balaban J connectivity index is 1.67. The summed E-state index contributed by atoms with van der Waals surface area (Å²) >= 11 is 0. The minimum Gasteiger partial charge on any atom is -0.345 e. The van der Waals surface area contributed by atoms with Crippen molar-refractivity contribution < 1.29 is 27.2 Å². The Hall–Kier alpha value is -2.90. The summed E-state index contributed by atoms with van der Waals surface area (Å²) in [7, 11) is 0. The zero-order valence-electron chi connectivity index (χ0n) is 13.9. The lowest BCUT2D eigenvalue weighted by Crippen LogP contribution is -2.21. The number of nitrogens with one attached hydrogen (secondary N) is 2. The molecule has 1 aliphatic heterocycles. The summed E-state index contributed by atoms with van der Waals surface area (Å²) in [5.74, 6) is -1.99. The average molecular weight is 378 g/mol. The van der Waals surface area contributed by atoms with Crippen LogP contribution in [0.15, 0.2) is 36.4 Å². The van der Waals surface area contributed by atoms with E-state index in [1.165, 1.54) is 0 Å². The van der Waals surface area contributed by atoms with E-state index in [1.54, 1.807) is 18.2 Å². The third-order valence-corrected chi connectivity index (χ3v) is 4.78. The smallest absolute Gasteiger partial charge is 0.345 e. The molecule has 27 heavy (non-hydrogen) atoms. The van der Waals surface area contributed by atoms with E-state index in [2.05, 4.69) is 10.6 Å². The molecule has 0 bridgehead atoms. The molecular formula is C19H14F4N2O2. The fourth-order valence-electron chi connectivity index (χ4n) is 3.36. The van der Waals surface area contributed by atoms with Crippen LogP contribution in [-0.4, -0.2) is 11.8 Å². The largest absolute Gasteiger partial charge is 0.416 e. The molecule has 140 valence electrons. The number of hydrogen-bond donors (Lipinski definition) is 2. The summed E-state index contributed by atoms with van der Waals surface area (Å²) in [5, 5.41) is 5.41. The summed E-state index contributed by atoms with van der Waals surface area (Å²) in [5.41, 5.74) is -0.282. The minimum absolute atomic E-state index is 0.234. The third kappa shape index (κ3) is 3.27. The van der Waals surface area contributed by atoms with Gasteiger partial charge in [-0.1, -0.05) is 6.07 Å². The van der Waals surface area contributed by atoms with Gasteiger partial charge in [-0.3, -0.25) is 9.59 Å². The Labute approximate surface area is 151 Å². The highest BCUT2D eigenvalue weighted by molar-refractivity contribution is 6.07. The first kappa shape index (κ1) is 17.5. The van der Waals surface area contributed by atoms with Gasteiger partial charge in [-0.2, -0.15) is 13.2 Å². The Bertz CT molecular complexity index is 951. The van der Waals surface area contributed by atoms with E-state index in [0.717, 1.165) is 18.9 Å². The van der Waals surface area contributed by atoms with E-state index < -0.39 is 29.0 Å². The molecule has 1 fully saturated rings. The lowest BCUT2D eigenvalue weighted by molar-refractivity contribution is -0.137. The van der Waals surface area contributed by atoms with E-state index in [4.69, 9.17) is 0 Å². The van der Waals surface area contributed by atoms with E-state index in [1.807, 2.05) is 0 Å². The van der Waals surface area contributed by atoms with Gasteiger partial charge in [0.2, 0.25) is 0 Å². The minimum atomic E-state index is -4.77. The molecule has 8 heteroatoms. The van der Waals surface area contributed by atoms with Gasteiger partial charge < -0.3 is 10.6 Å². The quantitative estimate of drug-likeness (QED) is 0.783. The molecule has 2 aliphatic rings. The number of halogens is 4. The van der Waals surface area contributed by atoms with Crippen molar-refractivity contribution in [2.45, 2.75) is 25.1 Å². The lowest BCUT2D eigenvalue weighted by Gasteiger charge is -2.16. The van der Waals surface area contributed by atoms with Crippen LogP contribution in [0.3, 0.4) is 0 Å². The maximum absolute atomic E-state index is 13.6. The first-order chi connectivity index (χ1) is 12.7. The van der Waals surface area contributed by atoms with E-state index in [0.29, 0.717) is 28.9 Å². The molecular weight excluding hydrogens is 364 g/mol. The molecule has 2 aromatic carbocycles. The maximum Gasteiger partial charge on any atom is 0.416 e. The van der Waals surface area contributed by atoms with Gasteiger partial charge in [-0.05, 0) is 49.1 Å². The number of amides is 2. The summed E-state index contributed by atoms with van der Waals surface area (Å²) in [4.78, 5) is 24.6. The topological polar surface area (TPSA) is 58.2 Å². The molecule has 2 amide bonds. The molecule has 4 rings (SSSR count). The number of rotatable bonds is 3.